The van der Waals surface area contributed by atoms with Crippen LogP contribution >= 0.6 is 0 Å². The fraction of sp³-hybridized carbons (Fsp3) is 0.308. The Labute approximate surface area is 188 Å². The topological polar surface area (TPSA) is 47.4 Å². The number of rotatable bonds is 5. The molecule has 2 aromatic carbocycles. The number of carbonyl (C=O) groups is 1. The Balaban J connectivity index is 1.63. The predicted molar refractivity (Wildman–Crippen MR) is 123 cm³/mol. The number of likely N-dealkylation sites (tertiary alicyclic amines) is 1. The van der Waals surface area contributed by atoms with Crippen LogP contribution in [0.4, 0.5) is 4.39 Å². The van der Waals surface area contributed by atoms with E-state index in [1.165, 1.54) is 12.1 Å². The van der Waals surface area contributed by atoms with Gasteiger partial charge in [0.15, 0.2) is 0 Å². The summed E-state index contributed by atoms with van der Waals surface area (Å²) >= 11 is 0. The first-order valence-corrected chi connectivity index (χ1v) is 10.8. The lowest BCUT2D eigenvalue weighted by molar-refractivity contribution is -0.132. The number of nitrogens with zero attached hydrogens (tertiary/aromatic N) is 3. The third-order valence-electron chi connectivity index (χ3n) is 6.05. The molecule has 3 aromatic rings. The molecule has 1 aliphatic rings. The SMILES string of the molecule is COc1cc(C=C2C(=O)N(Cc3ccc(F)cc3)[C@H](C)C[C@@H]2C)ccc1-n1cnc(C)c1. The lowest BCUT2D eigenvalue weighted by Gasteiger charge is -2.38. The van der Waals surface area contributed by atoms with Crippen molar-refractivity contribution in [2.45, 2.75) is 39.8 Å². The van der Waals surface area contributed by atoms with E-state index in [9.17, 15) is 9.18 Å². The predicted octanol–water partition coefficient (Wildman–Crippen LogP) is 5.17. The Morgan fingerprint density at radius 1 is 1.19 bits per heavy atom. The van der Waals surface area contributed by atoms with Crippen molar-refractivity contribution in [3.05, 3.63) is 83.2 Å². The van der Waals surface area contributed by atoms with Crippen LogP contribution in [0.3, 0.4) is 0 Å². The number of benzene rings is 2. The van der Waals surface area contributed by atoms with Gasteiger partial charge in [0.2, 0.25) is 0 Å². The van der Waals surface area contributed by atoms with Gasteiger partial charge >= 0.3 is 0 Å². The highest BCUT2D eigenvalue weighted by molar-refractivity contribution is 5.99. The van der Waals surface area contributed by atoms with Gasteiger partial charge in [-0.2, -0.15) is 0 Å². The molecule has 32 heavy (non-hydrogen) atoms. The third kappa shape index (κ3) is 4.44. The van der Waals surface area contributed by atoms with Gasteiger partial charge < -0.3 is 14.2 Å². The van der Waals surface area contributed by atoms with Gasteiger partial charge in [0.05, 0.1) is 24.8 Å². The van der Waals surface area contributed by atoms with Crippen molar-refractivity contribution in [1.82, 2.24) is 14.5 Å². The van der Waals surface area contributed by atoms with Crippen molar-refractivity contribution in [2.24, 2.45) is 5.92 Å². The molecule has 0 aliphatic carbocycles. The number of ether oxygens (including phenoxy) is 1. The van der Waals surface area contributed by atoms with E-state index in [4.69, 9.17) is 4.74 Å². The summed E-state index contributed by atoms with van der Waals surface area (Å²) in [6.45, 7) is 6.57. The van der Waals surface area contributed by atoms with Crippen molar-refractivity contribution in [3.63, 3.8) is 0 Å². The van der Waals surface area contributed by atoms with Crippen molar-refractivity contribution in [1.29, 1.82) is 0 Å². The fourth-order valence-corrected chi connectivity index (χ4v) is 4.29. The molecule has 0 radical (unpaired) electrons. The van der Waals surface area contributed by atoms with E-state index < -0.39 is 0 Å². The minimum Gasteiger partial charge on any atom is -0.495 e. The van der Waals surface area contributed by atoms with Crippen molar-refractivity contribution in [3.8, 4) is 11.4 Å². The number of hydrogen-bond acceptors (Lipinski definition) is 3. The molecule has 2 atom stereocenters. The molecule has 1 saturated heterocycles. The van der Waals surface area contributed by atoms with Crippen molar-refractivity contribution >= 4 is 12.0 Å². The molecule has 1 fully saturated rings. The van der Waals surface area contributed by atoms with Crippen LogP contribution in [0.1, 0.15) is 37.1 Å². The first-order chi connectivity index (χ1) is 15.4. The van der Waals surface area contributed by atoms with Crippen LogP contribution in [0, 0.1) is 18.7 Å². The molecule has 6 heteroatoms. The highest BCUT2D eigenvalue weighted by atomic mass is 19.1. The Morgan fingerprint density at radius 2 is 1.94 bits per heavy atom. The second-order valence-electron chi connectivity index (χ2n) is 8.50. The number of carbonyl (C=O) groups excluding carboxylic acids is 1. The molecule has 1 amide bonds. The summed E-state index contributed by atoms with van der Waals surface area (Å²) < 4.78 is 20.8. The number of methoxy groups -OCH3 is 1. The zero-order valence-electron chi connectivity index (χ0n) is 18.9. The van der Waals surface area contributed by atoms with Gasteiger partial charge in [-0.05, 0) is 67.7 Å². The van der Waals surface area contributed by atoms with E-state index in [2.05, 4.69) is 18.8 Å². The van der Waals surface area contributed by atoms with Gasteiger partial charge in [-0.25, -0.2) is 9.37 Å². The van der Waals surface area contributed by atoms with Gasteiger partial charge in [0.25, 0.3) is 5.91 Å². The molecule has 166 valence electrons. The van der Waals surface area contributed by atoms with E-state index in [1.54, 1.807) is 25.6 Å². The Hall–Kier alpha value is -3.41. The number of halogens is 1. The van der Waals surface area contributed by atoms with E-state index in [1.807, 2.05) is 46.9 Å². The average Bonchev–Trinajstić information content (AvgIpc) is 3.21. The molecule has 0 N–H and O–H groups in total. The van der Waals surface area contributed by atoms with Gasteiger partial charge in [-0.1, -0.05) is 25.1 Å². The Bertz CT molecular complexity index is 1150. The van der Waals surface area contributed by atoms with Gasteiger partial charge in [0, 0.05) is 24.4 Å². The molecular weight excluding hydrogens is 405 g/mol. The second-order valence-corrected chi connectivity index (χ2v) is 8.50. The number of hydrogen-bond donors (Lipinski definition) is 0. The summed E-state index contributed by atoms with van der Waals surface area (Å²) in [7, 11) is 1.64. The number of piperidine rings is 1. The van der Waals surface area contributed by atoms with Crippen LogP contribution in [0.5, 0.6) is 5.75 Å². The van der Waals surface area contributed by atoms with Crippen molar-refractivity contribution in [2.75, 3.05) is 7.11 Å². The second kappa shape index (κ2) is 8.99. The zero-order valence-corrected chi connectivity index (χ0v) is 18.9. The summed E-state index contributed by atoms with van der Waals surface area (Å²) in [5, 5.41) is 0. The molecule has 0 bridgehead atoms. The minimum atomic E-state index is -0.274. The van der Waals surface area contributed by atoms with Crippen LogP contribution < -0.4 is 4.74 Å². The standard InChI is InChI=1S/C26H28FN3O2/c1-17-11-19(3)30(15-20-5-8-22(27)9-6-20)26(31)23(17)12-21-7-10-24(25(13-21)32-4)29-14-18(2)28-16-29/h5-10,12-14,16-17,19H,11,15H2,1-4H3/t17-,19+/m0/s1. The number of aryl methyl sites for hydroxylation is 1. The van der Waals surface area contributed by atoms with Crippen molar-refractivity contribution < 1.29 is 13.9 Å². The highest BCUT2D eigenvalue weighted by Gasteiger charge is 2.33. The maximum absolute atomic E-state index is 13.4. The summed E-state index contributed by atoms with van der Waals surface area (Å²) in [6, 6.07) is 12.4. The first-order valence-electron chi connectivity index (χ1n) is 10.8. The lowest BCUT2D eigenvalue weighted by atomic mass is 9.86. The minimum absolute atomic E-state index is 0.0221. The van der Waals surface area contributed by atoms with Gasteiger partial charge in [0.1, 0.15) is 11.6 Å². The van der Waals surface area contributed by atoms with E-state index in [0.717, 1.165) is 34.5 Å². The highest BCUT2D eigenvalue weighted by Crippen LogP contribution is 2.32. The number of imidazole rings is 1. The van der Waals surface area contributed by atoms with Crippen LogP contribution in [-0.4, -0.2) is 33.5 Å². The van der Waals surface area contributed by atoms with Crippen LogP contribution in [-0.2, 0) is 11.3 Å². The Kier molecular flexibility index (Phi) is 6.12. The largest absolute Gasteiger partial charge is 0.495 e. The van der Waals surface area contributed by atoms with Crippen LogP contribution in [0.2, 0.25) is 0 Å². The molecular formula is C26H28FN3O2. The molecule has 2 heterocycles. The summed E-state index contributed by atoms with van der Waals surface area (Å²) in [6.07, 6.45) is 6.54. The molecule has 1 aliphatic heterocycles. The normalized spacial score (nSPS) is 20.1. The summed E-state index contributed by atoms with van der Waals surface area (Å²) in [5.41, 5.74) is 4.43. The monoisotopic (exact) mass is 433 g/mol. The molecule has 0 spiro atoms. The first kappa shape index (κ1) is 21.8. The average molecular weight is 434 g/mol. The maximum atomic E-state index is 13.4. The van der Waals surface area contributed by atoms with Gasteiger partial charge in [-0.15, -0.1) is 0 Å². The van der Waals surface area contributed by atoms with Gasteiger partial charge in [-0.3, -0.25) is 4.79 Å². The quantitative estimate of drug-likeness (QED) is 0.522. The lowest BCUT2D eigenvalue weighted by Crippen LogP contribution is -2.45. The maximum Gasteiger partial charge on any atom is 0.250 e. The summed E-state index contributed by atoms with van der Waals surface area (Å²) in [4.78, 5) is 19.6. The molecule has 5 nitrogen and oxygen atoms in total. The molecule has 0 saturated carbocycles. The number of amides is 1. The van der Waals surface area contributed by atoms with Crippen LogP contribution in [0.25, 0.3) is 11.8 Å². The zero-order chi connectivity index (χ0) is 22.8. The van der Waals surface area contributed by atoms with Crippen LogP contribution in [0.15, 0.2) is 60.6 Å². The molecule has 1 aromatic heterocycles. The summed E-state index contributed by atoms with van der Waals surface area (Å²) in [5.74, 6) is 0.603. The third-order valence-corrected chi connectivity index (χ3v) is 6.05. The molecule has 0 unspecified atom stereocenters. The Morgan fingerprint density at radius 3 is 2.59 bits per heavy atom. The van der Waals surface area contributed by atoms with E-state index >= 15 is 0 Å². The van der Waals surface area contributed by atoms with E-state index in [0.29, 0.717) is 12.3 Å². The fourth-order valence-electron chi connectivity index (χ4n) is 4.29. The smallest absolute Gasteiger partial charge is 0.250 e. The molecule has 4 rings (SSSR count). The number of aromatic nitrogens is 2. The van der Waals surface area contributed by atoms with E-state index in [-0.39, 0.29) is 23.7 Å².